The minimum atomic E-state index is -0.919. The van der Waals surface area contributed by atoms with E-state index in [-0.39, 0.29) is 12.3 Å². The van der Waals surface area contributed by atoms with E-state index < -0.39 is 12.1 Å². The van der Waals surface area contributed by atoms with Crippen molar-refractivity contribution >= 4 is 17.5 Å². The Labute approximate surface area is 157 Å². The van der Waals surface area contributed by atoms with Gasteiger partial charge in [-0.15, -0.1) is 0 Å². The topological polar surface area (TPSA) is 96.9 Å². The average molecular weight is 370 g/mol. The van der Waals surface area contributed by atoms with Crippen LogP contribution in [0.2, 0.25) is 0 Å². The predicted octanol–water partition coefficient (Wildman–Crippen LogP) is 2.69. The normalized spacial score (nSPS) is 13.7. The highest BCUT2D eigenvalue weighted by Crippen LogP contribution is 2.27. The molecule has 7 heteroatoms. The Hall–Kier alpha value is -3.06. The first-order valence-corrected chi connectivity index (χ1v) is 8.62. The Balaban J connectivity index is 1.58. The highest BCUT2D eigenvalue weighted by Gasteiger charge is 2.19. The van der Waals surface area contributed by atoms with Crippen molar-refractivity contribution in [2.45, 2.75) is 18.9 Å². The second-order valence-corrected chi connectivity index (χ2v) is 6.29. The van der Waals surface area contributed by atoms with Crippen LogP contribution in [0.25, 0.3) is 0 Å². The van der Waals surface area contributed by atoms with Gasteiger partial charge in [-0.2, -0.15) is 0 Å². The number of carbonyl (C=O) groups is 2. The number of aliphatic hydroxyl groups is 1. The van der Waals surface area contributed by atoms with E-state index in [1.54, 1.807) is 30.3 Å². The Morgan fingerprint density at radius 1 is 1.11 bits per heavy atom. The number of hydrogen-bond donors (Lipinski definition) is 3. The zero-order valence-electron chi connectivity index (χ0n) is 15.2. The van der Waals surface area contributed by atoms with Crippen molar-refractivity contribution in [3.05, 3.63) is 53.1 Å². The van der Waals surface area contributed by atoms with Gasteiger partial charge in [-0.1, -0.05) is 0 Å². The zero-order valence-corrected chi connectivity index (χ0v) is 15.2. The lowest BCUT2D eigenvalue weighted by Gasteiger charge is -2.15. The van der Waals surface area contributed by atoms with Crippen LogP contribution in [0.15, 0.2) is 36.4 Å². The van der Waals surface area contributed by atoms with Crippen LogP contribution in [0, 0.1) is 0 Å². The number of nitrogens with one attached hydrogen (secondary N) is 2. The van der Waals surface area contributed by atoms with Crippen molar-refractivity contribution in [3.8, 4) is 11.5 Å². The summed E-state index contributed by atoms with van der Waals surface area (Å²) in [4.78, 5) is 23.8. The van der Waals surface area contributed by atoms with Crippen molar-refractivity contribution in [3.63, 3.8) is 0 Å². The smallest absolute Gasteiger partial charge is 0.319 e. The molecule has 142 valence electrons. The Bertz CT molecular complexity index is 843. The van der Waals surface area contributed by atoms with Crippen molar-refractivity contribution < 1.29 is 24.2 Å². The van der Waals surface area contributed by atoms with Gasteiger partial charge in [-0.05, 0) is 47.9 Å². The van der Waals surface area contributed by atoms with E-state index in [2.05, 4.69) is 10.6 Å². The van der Waals surface area contributed by atoms with Gasteiger partial charge < -0.3 is 25.2 Å². The number of Topliss-reactive ketones (excluding diaryl/α,β-unsaturated/α-hetero) is 1. The number of urea groups is 1. The van der Waals surface area contributed by atoms with E-state index in [0.29, 0.717) is 35.6 Å². The number of ether oxygens (including phenoxy) is 2. The lowest BCUT2D eigenvalue weighted by atomic mass is 10.1. The number of rotatable bonds is 6. The number of anilines is 1. The summed E-state index contributed by atoms with van der Waals surface area (Å²) in [6.07, 6.45) is 0.292. The van der Waals surface area contributed by atoms with Gasteiger partial charge in [0.15, 0.2) is 5.78 Å². The van der Waals surface area contributed by atoms with Crippen molar-refractivity contribution in [1.82, 2.24) is 5.32 Å². The highest BCUT2D eigenvalue weighted by atomic mass is 16.5. The predicted molar refractivity (Wildman–Crippen MR) is 101 cm³/mol. The number of fused-ring (bicyclic) bond motifs is 1. The molecule has 0 aromatic heterocycles. The van der Waals surface area contributed by atoms with Crippen LogP contribution >= 0.6 is 0 Å². The van der Waals surface area contributed by atoms with Crippen LogP contribution in [-0.4, -0.2) is 37.7 Å². The largest absolute Gasteiger partial charge is 0.497 e. The van der Waals surface area contributed by atoms with E-state index in [1.165, 1.54) is 14.2 Å². The molecule has 1 aliphatic rings. The first kappa shape index (κ1) is 18.7. The van der Waals surface area contributed by atoms with Crippen LogP contribution in [0.4, 0.5) is 10.5 Å². The maximum atomic E-state index is 12.1. The number of aryl methyl sites for hydroxylation is 1. The molecule has 0 unspecified atom stereocenters. The molecule has 7 nitrogen and oxygen atoms in total. The molecule has 2 aromatic carbocycles. The molecule has 2 amide bonds. The lowest BCUT2D eigenvalue weighted by molar-refractivity contribution is 0.0994. The molecule has 0 saturated heterocycles. The third-order valence-electron chi connectivity index (χ3n) is 4.50. The second kappa shape index (κ2) is 8.09. The van der Waals surface area contributed by atoms with E-state index in [9.17, 15) is 14.7 Å². The Morgan fingerprint density at radius 2 is 1.81 bits per heavy atom. The van der Waals surface area contributed by atoms with Crippen LogP contribution in [0.3, 0.4) is 0 Å². The average Bonchev–Trinajstić information content (AvgIpc) is 3.05. The van der Waals surface area contributed by atoms with Crippen molar-refractivity contribution in [1.29, 1.82) is 0 Å². The fraction of sp³-hybridized carbons (Fsp3) is 0.300. The molecule has 0 radical (unpaired) electrons. The molecule has 0 spiro atoms. The van der Waals surface area contributed by atoms with Gasteiger partial charge in [0.25, 0.3) is 0 Å². The van der Waals surface area contributed by atoms with Gasteiger partial charge in [0.05, 0.1) is 20.3 Å². The number of carbonyl (C=O) groups excluding carboxylic acids is 2. The van der Waals surface area contributed by atoms with Gasteiger partial charge >= 0.3 is 6.03 Å². The summed E-state index contributed by atoms with van der Waals surface area (Å²) in [5.74, 6) is 1.25. The molecule has 0 aliphatic heterocycles. The summed E-state index contributed by atoms with van der Waals surface area (Å²) < 4.78 is 10.4. The molecule has 3 N–H and O–H groups in total. The third kappa shape index (κ3) is 4.38. The molecule has 0 fully saturated rings. The second-order valence-electron chi connectivity index (χ2n) is 6.29. The molecular weight excluding hydrogens is 348 g/mol. The minimum absolute atomic E-state index is 0.0194. The molecular formula is C20H22N2O5. The molecule has 0 bridgehead atoms. The lowest BCUT2D eigenvalue weighted by Crippen LogP contribution is -2.32. The maximum absolute atomic E-state index is 12.1. The Kier molecular flexibility index (Phi) is 5.61. The minimum Gasteiger partial charge on any atom is -0.497 e. The number of hydrogen-bond acceptors (Lipinski definition) is 5. The van der Waals surface area contributed by atoms with E-state index in [1.807, 2.05) is 6.07 Å². The van der Waals surface area contributed by atoms with Crippen LogP contribution in [-0.2, 0) is 6.42 Å². The highest BCUT2D eigenvalue weighted by molar-refractivity contribution is 6.01. The summed E-state index contributed by atoms with van der Waals surface area (Å²) in [7, 11) is 3.06. The molecule has 1 aliphatic carbocycles. The molecule has 3 rings (SSSR count). The summed E-state index contributed by atoms with van der Waals surface area (Å²) in [6.45, 7) is 0.0194. The number of benzene rings is 2. The fourth-order valence-corrected chi connectivity index (χ4v) is 3.04. The van der Waals surface area contributed by atoms with Crippen LogP contribution in [0.5, 0.6) is 11.5 Å². The SMILES string of the molecule is COc1cc(OC)cc([C@H](O)CNC(=O)Nc2ccc3c(c2)CCC3=O)c1. The summed E-state index contributed by atoms with van der Waals surface area (Å²) in [5.41, 5.74) is 2.85. The first-order valence-electron chi connectivity index (χ1n) is 8.62. The molecule has 27 heavy (non-hydrogen) atoms. The maximum Gasteiger partial charge on any atom is 0.319 e. The standard InChI is InChI=1S/C20H22N2O5/c1-26-15-8-13(9-16(10-15)27-2)19(24)11-21-20(25)22-14-4-5-17-12(7-14)3-6-18(17)23/h4-5,7-10,19,24H,3,6,11H2,1-2H3,(H2,21,22,25)/t19-/m1/s1. The van der Waals surface area contributed by atoms with Crippen molar-refractivity contribution in [2.75, 3.05) is 26.1 Å². The first-order chi connectivity index (χ1) is 13.0. The zero-order chi connectivity index (χ0) is 19.4. The van der Waals surface area contributed by atoms with Gasteiger partial charge in [0, 0.05) is 30.3 Å². The van der Waals surface area contributed by atoms with E-state index >= 15 is 0 Å². The molecule has 0 heterocycles. The van der Waals surface area contributed by atoms with Gasteiger partial charge in [0.2, 0.25) is 0 Å². The van der Waals surface area contributed by atoms with Crippen LogP contribution in [0.1, 0.15) is 34.0 Å². The summed E-state index contributed by atoms with van der Waals surface area (Å²) in [5, 5.41) is 15.7. The number of aliphatic hydroxyl groups excluding tert-OH is 1. The number of amides is 2. The van der Waals surface area contributed by atoms with Gasteiger partial charge in [-0.25, -0.2) is 4.79 Å². The van der Waals surface area contributed by atoms with Gasteiger partial charge in [-0.3, -0.25) is 4.79 Å². The molecule has 2 aromatic rings. The van der Waals surface area contributed by atoms with Crippen molar-refractivity contribution in [2.24, 2.45) is 0 Å². The molecule has 1 atom stereocenters. The third-order valence-corrected chi connectivity index (χ3v) is 4.50. The van der Waals surface area contributed by atoms with E-state index in [4.69, 9.17) is 9.47 Å². The molecule has 0 saturated carbocycles. The van der Waals surface area contributed by atoms with E-state index in [0.717, 1.165) is 11.1 Å². The van der Waals surface area contributed by atoms with Crippen LogP contribution < -0.4 is 20.1 Å². The Morgan fingerprint density at radius 3 is 2.48 bits per heavy atom. The fourth-order valence-electron chi connectivity index (χ4n) is 3.04. The summed E-state index contributed by atoms with van der Waals surface area (Å²) >= 11 is 0. The summed E-state index contributed by atoms with van der Waals surface area (Å²) in [6, 6.07) is 9.88. The number of ketones is 1. The van der Waals surface area contributed by atoms with Gasteiger partial charge in [0.1, 0.15) is 11.5 Å². The number of methoxy groups -OCH3 is 2. The monoisotopic (exact) mass is 370 g/mol. The quantitative estimate of drug-likeness (QED) is 0.726.